The summed E-state index contributed by atoms with van der Waals surface area (Å²) in [5.41, 5.74) is 1.62. The maximum Gasteiger partial charge on any atom is 0.186 e. The van der Waals surface area contributed by atoms with Gasteiger partial charge in [0.15, 0.2) is 9.84 Å². The summed E-state index contributed by atoms with van der Waals surface area (Å²) in [5.74, 6) is 0. The Morgan fingerprint density at radius 3 is 2.72 bits per heavy atom. The third kappa shape index (κ3) is 2.17. The van der Waals surface area contributed by atoms with Crippen molar-refractivity contribution < 1.29 is 8.42 Å². The van der Waals surface area contributed by atoms with Crippen LogP contribution in [-0.2, 0) is 9.84 Å². The molecule has 0 aliphatic carbocycles. The Balaban J connectivity index is 2.63. The van der Waals surface area contributed by atoms with Crippen molar-refractivity contribution >= 4 is 31.5 Å². The van der Waals surface area contributed by atoms with Crippen LogP contribution in [-0.4, -0.2) is 33.3 Å². The molecule has 4 nitrogen and oxygen atoms in total. The molecule has 0 saturated carbocycles. The molecular formula is C12H17BrN2O2S. The van der Waals surface area contributed by atoms with Gasteiger partial charge in [0.1, 0.15) is 0 Å². The first kappa shape index (κ1) is 13.8. The minimum absolute atomic E-state index is 0.117. The molecule has 2 N–H and O–H groups in total. The number of hydrogen-bond acceptors (Lipinski definition) is 4. The van der Waals surface area contributed by atoms with E-state index in [2.05, 4.69) is 26.6 Å². The minimum atomic E-state index is -3.29. The van der Waals surface area contributed by atoms with Gasteiger partial charge in [-0.05, 0) is 54.5 Å². The third-order valence-electron chi connectivity index (χ3n) is 3.24. The van der Waals surface area contributed by atoms with Crippen LogP contribution < -0.4 is 10.6 Å². The quantitative estimate of drug-likeness (QED) is 0.868. The summed E-state index contributed by atoms with van der Waals surface area (Å²) in [6.45, 7) is 4.24. The SMILES string of the molecule is CNCC1C(C)Nc2c(Br)cc(C)cc2S1(=O)=O. The number of aryl methyl sites for hydroxylation is 1. The number of sulfone groups is 1. The highest BCUT2D eigenvalue weighted by Gasteiger charge is 2.39. The summed E-state index contributed by atoms with van der Waals surface area (Å²) >= 11 is 3.43. The van der Waals surface area contributed by atoms with Gasteiger partial charge in [-0.15, -0.1) is 0 Å². The molecule has 0 bridgehead atoms. The number of anilines is 1. The lowest BCUT2D eigenvalue weighted by Crippen LogP contribution is -2.47. The van der Waals surface area contributed by atoms with E-state index in [1.807, 2.05) is 19.9 Å². The first-order valence-corrected chi connectivity index (χ1v) is 8.17. The van der Waals surface area contributed by atoms with E-state index in [-0.39, 0.29) is 6.04 Å². The summed E-state index contributed by atoms with van der Waals surface area (Å²) < 4.78 is 26.0. The summed E-state index contributed by atoms with van der Waals surface area (Å²) in [7, 11) is -1.53. The van der Waals surface area contributed by atoms with Gasteiger partial charge < -0.3 is 10.6 Å². The van der Waals surface area contributed by atoms with E-state index >= 15 is 0 Å². The molecule has 1 aromatic carbocycles. The fourth-order valence-electron chi connectivity index (χ4n) is 2.31. The van der Waals surface area contributed by atoms with Crippen molar-refractivity contribution in [1.82, 2.24) is 5.32 Å². The highest BCUT2D eigenvalue weighted by Crippen LogP contribution is 2.38. The maximum absolute atomic E-state index is 12.6. The second kappa shape index (κ2) is 4.83. The van der Waals surface area contributed by atoms with Gasteiger partial charge in [0.2, 0.25) is 0 Å². The maximum atomic E-state index is 12.6. The average molecular weight is 333 g/mol. The van der Waals surface area contributed by atoms with Crippen molar-refractivity contribution in [2.45, 2.75) is 30.0 Å². The standard InChI is InChI=1S/C12H17BrN2O2S/c1-7-4-9(13)12-10(5-7)18(16,17)11(6-14-3)8(2)15-12/h4-5,8,11,14-15H,6H2,1-3H3. The summed E-state index contributed by atoms with van der Waals surface area (Å²) in [4.78, 5) is 0.396. The summed E-state index contributed by atoms with van der Waals surface area (Å²) in [6, 6.07) is 3.54. The minimum Gasteiger partial charge on any atom is -0.379 e. The van der Waals surface area contributed by atoms with Gasteiger partial charge >= 0.3 is 0 Å². The summed E-state index contributed by atoms with van der Waals surface area (Å²) in [5, 5.41) is 5.79. The first-order valence-electron chi connectivity index (χ1n) is 5.83. The molecule has 1 aromatic rings. The van der Waals surface area contributed by atoms with Crippen LogP contribution in [0.25, 0.3) is 0 Å². The molecule has 0 saturated heterocycles. The molecule has 0 aromatic heterocycles. The molecule has 0 spiro atoms. The Labute approximate surface area is 116 Å². The van der Waals surface area contributed by atoms with Crippen LogP contribution in [0.1, 0.15) is 12.5 Å². The average Bonchev–Trinajstić information content (AvgIpc) is 2.26. The van der Waals surface area contributed by atoms with Gasteiger partial charge in [-0.2, -0.15) is 0 Å². The molecule has 1 aliphatic heterocycles. The van der Waals surface area contributed by atoms with Gasteiger partial charge in [0.05, 0.1) is 15.8 Å². The highest BCUT2D eigenvalue weighted by atomic mass is 79.9. The van der Waals surface area contributed by atoms with Crippen molar-refractivity contribution in [2.24, 2.45) is 0 Å². The molecule has 2 unspecified atom stereocenters. The fourth-order valence-corrected chi connectivity index (χ4v) is 5.26. The van der Waals surface area contributed by atoms with Crippen LogP contribution in [0.2, 0.25) is 0 Å². The molecule has 2 atom stereocenters. The Bertz CT molecular complexity index is 572. The van der Waals surface area contributed by atoms with E-state index in [1.165, 1.54) is 0 Å². The molecule has 6 heteroatoms. The van der Waals surface area contributed by atoms with Crippen LogP contribution in [0.3, 0.4) is 0 Å². The number of rotatable bonds is 2. The smallest absolute Gasteiger partial charge is 0.186 e. The Morgan fingerprint density at radius 2 is 2.11 bits per heavy atom. The first-order chi connectivity index (χ1) is 8.37. The topological polar surface area (TPSA) is 58.2 Å². The zero-order chi connectivity index (χ0) is 13.5. The predicted molar refractivity (Wildman–Crippen MR) is 76.9 cm³/mol. The third-order valence-corrected chi connectivity index (χ3v) is 6.17. The lowest BCUT2D eigenvalue weighted by molar-refractivity contribution is 0.549. The van der Waals surface area contributed by atoms with Gasteiger partial charge in [-0.25, -0.2) is 8.42 Å². The van der Waals surface area contributed by atoms with Gasteiger partial charge in [-0.1, -0.05) is 0 Å². The fraction of sp³-hybridized carbons (Fsp3) is 0.500. The number of hydrogen-bond donors (Lipinski definition) is 2. The second-order valence-electron chi connectivity index (χ2n) is 4.69. The van der Waals surface area contributed by atoms with E-state index in [0.29, 0.717) is 17.1 Å². The normalized spacial score (nSPS) is 25.3. The molecule has 2 rings (SSSR count). The zero-order valence-corrected chi connectivity index (χ0v) is 13.0. The molecule has 0 amide bonds. The summed E-state index contributed by atoms with van der Waals surface area (Å²) in [6.07, 6.45) is 0. The number of benzene rings is 1. The zero-order valence-electron chi connectivity index (χ0n) is 10.6. The van der Waals surface area contributed by atoms with Crippen LogP contribution in [0, 0.1) is 6.92 Å². The second-order valence-corrected chi connectivity index (χ2v) is 7.68. The molecule has 0 fully saturated rings. The van der Waals surface area contributed by atoms with Crippen molar-refractivity contribution in [1.29, 1.82) is 0 Å². The van der Waals surface area contributed by atoms with Crippen molar-refractivity contribution in [3.63, 3.8) is 0 Å². The van der Waals surface area contributed by atoms with E-state index in [9.17, 15) is 8.42 Å². The van der Waals surface area contributed by atoms with Crippen LogP contribution in [0.4, 0.5) is 5.69 Å². The highest BCUT2D eigenvalue weighted by molar-refractivity contribution is 9.10. The number of nitrogens with one attached hydrogen (secondary N) is 2. The molecule has 18 heavy (non-hydrogen) atoms. The van der Waals surface area contributed by atoms with E-state index < -0.39 is 15.1 Å². The van der Waals surface area contributed by atoms with Gasteiger partial charge in [-0.3, -0.25) is 0 Å². The lowest BCUT2D eigenvalue weighted by atomic mass is 10.1. The van der Waals surface area contributed by atoms with Gasteiger partial charge in [0.25, 0.3) is 0 Å². The van der Waals surface area contributed by atoms with E-state index in [4.69, 9.17) is 0 Å². The van der Waals surface area contributed by atoms with Crippen molar-refractivity contribution in [3.8, 4) is 0 Å². The van der Waals surface area contributed by atoms with Crippen LogP contribution >= 0.6 is 15.9 Å². The number of fused-ring (bicyclic) bond motifs is 1. The molecule has 0 radical (unpaired) electrons. The Kier molecular flexibility index (Phi) is 3.71. The largest absolute Gasteiger partial charge is 0.379 e. The molecule has 100 valence electrons. The number of halogens is 1. The van der Waals surface area contributed by atoms with Crippen molar-refractivity contribution in [2.75, 3.05) is 18.9 Å². The lowest BCUT2D eigenvalue weighted by Gasteiger charge is -2.33. The predicted octanol–water partition coefficient (Wildman–Crippen LogP) is 1.93. The van der Waals surface area contributed by atoms with Crippen LogP contribution in [0.5, 0.6) is 0 Å². The molecule has 1 aliphatic rings. The monoisotopic (exact) mass is 332 g/mol. The van der Waals surface area contributed by atoms with E-state index in [1.54, 1.807) is 13.1 Å². The van der Waals surface area contributed by atoms with Gasteiger partial charge in [0, 0.05) is 17.1 Å². The van der Waals surface area contributed by atoms with Crippen LogP contribution in [0.15, 0.2) is 21.5 Å². The van der Waals surface area contributed by atoms with Crippen molar-refractivity contribution in [3.05, 3.63) is 22.2 Å². The molecule has 1 heterocycles. The van der Waals surface area contributed by atoms with E-state index in [0.717, 1.165) is 10.0 Å². The Hall–Kier alpha value is -0.590. The molecular weight excluding hydrogens is 316 g/mol. The Morgan fingerprint density at radius 1 is 1.44 bits per heavy atom.